The number of rotatable bonds is 9. The van der Waals surface area contributed by atoms with Gasteiger partial charge in [-0.25, -0.2) is 4.39 Å². The fourth-order valence-corrected chi connectivity index (χ4v) is 5.07. The quantitative estimate of drug-likeness (QED) is 0.205. The molecule has 220 valence electrons. The van der Waals surface area contributed by atoms with Crippen LogP contribution in [0.15, 0.2) is 48.5 Å². The summed E-state index contributed by atoms with van der Waals surface area (Å²) in [5, 5.41) is 13.5. The molecular weight excluding hydrogens is 554 g/mol. The first kappa shape index (κ1) is 30.3. The van der Waals surface area contributed by atoms with Gasteiger partial charge in [0.05, 0.1) is 18.5 Å². The number of likely N-dealkylation sites (N-methyl/N-ethyl adjacent to an activating group) is 1. The first-order chi connectivity index (χ1) is 19.1. The lowest BCUT2D eigenvalue weighted by Crippen LogP contribution is -2.52. The number of nitrogens with one attached hydrogen (secondary N) is 1. The van der Waals surface area contributed by atoms with Crippen molar-refractivity contribution in [1.29, 1.82) is 0 Å². The molecule has 1 amide bonds. The van der Waals surface area contributed by atoms with E-state index in [0.29, 0.717) is 39.6 Å². The van der Waals surface area contributed by atoms with Crippen molar-refractivity contribution in [2.75, 3.05) is 24.4 Å². The van der Waals surface area contributed by atoms with Crippen molar-refractivity contribution in [3.63, 3.8) is 0 Å². The fourth-order valence-electron chi connectivity index (χ4n) is 4.68. The molecule has 1 heterocycles. The molecule has 0 saturated heterocycles. The molecule has 0 radical (unpaired) electrons. The normalized spacial score (nSPS) is 16.0. The molecule has 1 aliphatic heterocycles. The minimum atomic E-state index is -4.59. The van der Waals surface area contributed by atoms with E-state index < -0.39 is 30.9 Å². The Bertz CT molecular complexity index is 1520. The van der Waals surface area contributed by atoms with Gasteiger partial charge in [0.2, 0.25) is 6.29 Å². The summed E-state index contributed by atoms with van der Waals surface area (Å²) in [7, 11) is -1.46. The number of halogens is 1. The smallest absolute Gasteiger partial charge is 0.334 e. The largest absolute Gasteiger partial charge is 0.496 e. The predicted octanol–water partition coefficient (Wildman–Crippen LogP) is 4.82. The van der Waals surface area contributed by atoms with E-state index in [0.717, 1.165) is 5.56 Å². The maximum Gasteiger partial charge on any atom is 0.334 e. The topological polar surface area (TPSA) is 138 Å². The Morgan fingerprint density at radius 3 is 2.41 bits per heavy atom. The lowest BCUT2D eigenvalue weighted by atomic mass is 9.91. The number of aryl methyl sites for hydroxylation is 1. The maximum absolute atomic E-state index is 14.0. The molecule has 41 heavy (non-hydrogen) atoms. The summed E-state index contributed by atoms with van der Waals surface area (Å²) in [5.74, 6) is 0.217. The third-order valence-corrected chi connectivity index (χ3v) is 8.41. The number of carbonyl (C=O) groups is 1. The average molecular weight is 589 g/mol. The predicted molar refractivity (Wildman–Crippen MR) is 153 cm³/mol. The number of nitrogens with zero attached hydrogens (tertiary/aromatic N) is 1. The van der Waals surface area contributed by atoms with Crippen LogP contribution in [0.1, 0.15) is 31.9 Å². The first-order valence-electron chi connectivity index (χ1n) is 12.8. The number of hydrogen-bond acceptors (Lipinski definition) is 7. The van der Waals surface area contributed by atoms with Crippen LogP contribution in [0.2, 0.25) is 0 Å². The Labute approximate surface area is 237 Å². The van der Waals surface area contributed by atoms with E-state index in [9.17, 15) is 28.6 Å². The highest BCUT2D eigenvalue weighted by molar-refractivity contribution is 7.52. The Kier molecular flexibility index (Phi) is 8.38. The molecule has 2 unspecified atom stereocenters. The molecule has 4 N–H and O–H groups in total. The number of benzene rings is 3. The second kappa shape index (κ2) is 11.3. The van der Waals surface area contributed by atoms with Crippen molar-refractivity contribution in [2.24, 2.45) is 0 Å². The molecule has 4 rings (SSSR count). The van der Waals surface area contributed by atoms with Crippen LogP contribution in [0, 0.1) is 12.7 Å². The van der Waals surface area contributed by atoms with Gasteiger partial charge in [-0.2, -0.15) is 0 Å². The van der Waals surface area contributed by atoms with Gasteiger partial charge in [-0.3, -0.25) is 9.36 Å². The Morgan fingerprint density at radius 2 is 1.76 bits per heavy atom. The number of hydrogen-bond donors (Lipinski definition) is 4. The summed E-state index contributed by atoms with van der Waals surface area (Å²) in [6.07, 6.45) is -1.76. The second-order valence-electron chi connectivity index (χ2n) is 10.5. The molecule has 0 fully saturated rings. The van der Waals surface area contributed by atoms with E-state index in [1.54, 1.807) is 44.9 Å². The molecule has 0 bridgehead atoms. The molecule has 0 aliphatic carbocycles. The van der Waals surface area contributed by atoms with Gasteiger partial charge < -0.3 is 39.3 Å². The zero-order valence-corrected chi connectivity index (χ0v) is 24.5. The summed E-state index contributed by atoms with van der Waals surface area (Å²) in [5.41, 5.74) is 1.64. The van der Waals surface area contributed by atoms with E-state index in [-0.39, 0.29) is 18.3 Å². The van der Waals surface area contributed by atoms with Crippen molar-refractivity contribution in [3.8, 4) is 28.4 Å². The third-order valence-electron chi connectivity index (χ3n) is 7.09. The molecule has 3 aromatic carbocycles. The minimum Gasteiger partial charge on any atom is -0.496 e. The summed E-state index contributed by atoms with van der Waals surface area (Å²) in [6, 6.07) is 12.7. The molecule has 12 heteroatoms. The van der Waals surface area contributed by atoms with Crippen LogP contribution in [-0.4, -0.2) is 52.4 Å². The van der Waals surface area contributed by atoms with Gasteiger partial charge in [-0.1, -0.05) is 12.1 Å². The van der Waals surface area contributed by atoms with Crippen molar-refractivity contribution in [3.05, 3.63) is 65.5 Å². The van der Waals surface area contributed by atoms with Gasteiger partial charge >= 0.3 is 7.60 Å². The standard InChI is InChI=1S/C29H34FN2O8P/c1-16-7-8-18(30)13-24(16)39-15-22-20(11-12-23-26(22)32(5)28(34)29(3,4)31-23)21-10-9-19(14-25(21)38-6)40-27(33)17(2)41(35,36)37/h7-14,17,27,31,33H,15H2,1-6H3,(H2,35,36,37). The van der Waals surface area contributed by atoms with Gasteiger partial charge in [-0.15, -0.1) is 0 Å². The number of aliphatic hydroxyl groups excluding tert-OH is 1. The third kappa shape index (κ3) is 6.18. The van der Waals surface area contributed by atoms with Crippen LogP contribution >= 0.6 is 7.60 Å². The van der Waals surface area contributed by atoms with Gasteiger partial charge in [0.1, 0.15) is 40.9 Å². The van der Waals surface area contributed by atoms with Gasteiger partial charge in [0.15, 0.2) is 0 Å². The number of carbonyl (C=O) groups excluding carboxylic acids is 1. The Hall–Kier alpha value is -3.63. The molecular formula is C29H34FN2O8P. The second-order valence-corrected chi connectivity index (χ2v) is 12.5. The maximum atomic E-state index is 14.0. The Morgan fingerprint density at radius 1 is 1.07 bits per heavy atom. The summed E-state index contributed by atoms with van der Waals surface area (Å²) < 4.78 is 42.7. The van der Waals surface area contributed by atoms with Crippen LogP contribution < -0.4 is 24.4 Å². The number of amides is 1. The van der Waals surface area contributed by atoms with Crippen LogP contribution in [0.4, 0.5) is 15.8 Å². The van der Waals surface area contributed by atoms with Gasteiger partial charge in [0.25, 0.3) is 5.91 Å². The number of aliphatic hydroxyl groups is 1. The van der Waals surface area contributed by atoms with Gasteiger partial charge in [-0.05, 0) is 63.1 Å². The fraction of sp³-hybridized carbons (Fsp3) is 0.345. The highest BCUT2D eigenvalue weighted by Crippen LogP contribution is 2.46. The summed E-state index contributed by atoms with van der Waals surface area (Å²) in [6.45, 7) is 6.56. The average Bonchev–Trinajstić information content (AvgIpc) is 2.91. The van der Waals surface area contributed by atoms with E-state index in [2.05, 4.69) is 5.32 Å². The van der Waals surface area contributed by atoms with E-state index in [4.69, 9.17) is 14.2 Å². The van der Waals surface area contributed by atoms with Crippen LogP contribution in [0.5, 0.6) is 17.2 Å². The number of ether oxygens (including phenoxy) is 3. The monoisotopic (exact) mass is 588 g/mol. The van der Waals surface area contributed by atoms with Gasteiger partial charge in [0, 0.05) is 30.3 Å². The van der Waals surface area contributed by atoms with E-state index >= 15 is 0 Å². The molecule has 1 aliphatic rings. The van der Waals surface area contributed by atoms with Crippen molar-refractivity contribution < 1.29 is 42.9 Å². The van der Waals surface area contributed by atoms with E-state index in [1.165, 1.54) is 38.3 Å². The van der Waals surface area contributed by atoms with E-state index in [1.807, 2.05) is 12.1 Å². The molecule has 0 spiro atoms. The number of anilines is 2. The van der Waals surface area contributed by atoms with Crippen LogP contribution in [0.25, 0.3) is 11.1 Å². The SMILES string of the molecule is COc1cc(OC(O)C(C)P(=O)(O)O)ccc1-c1ccc2c(c1COc1cc(F)ccc1C)N(C)C(=O)C(C)(C)N2. The number of fused-ring (bicyclic) bond motifs is 1. The lowest BCUT2D eigenvalue weighted by Gasteiger charge is -2.39. The Balaban J connectivity index is 1.80. The lowest BCUT2D eigenvalue weighted by molar-refractivity contribution is -0.121. The molecule has 3 aromatic rings. The van der Waals surface area contributed by atoms with Crippen molar-refractivity contribution in [1.82, 2.24) is 0 Å². The molecule has 0 saturated carbocycles. The highest BCUT2D eigenvalue weighted by atomic mass is 31.2. The highest BCUT2D eigenvalue weighted by Gasteiger charge is 2.39. The summed E-state index contributed by atoms with van der Waals surface area (Å²) >= 11 is 0. The van der Waals surface area contributed by atoms with Crippen molar-refractivity contribution in [2.45, 2.75) is 51.8 Å². The molecule has 0 aromatic heterocycles. The van der Waals surface area contributed by atoms with Crippen molar-refractivity contribution >= 4 is 24.9 Å². The first-order valence-corrected chi connectivity index (χ1v) is 14.5. The zero-order chi connectivity index (χ0) is 30.3. The van der Waals surface area contributed by atoms with Crippen LogP contribution in [-0.2, 0) is 16.0 Å². The molecule has 10 nitrogen and oxygen atoms in total. The van der Waals surface area contributed by atoms with Crippen LogP contribution in [0.3, 0.4) is 0 Å². The summed E-state index contributed by atoms with van der Waals surface area (Å²) in [4.78, 5) is 33.5. The minimum absolute atomic E-state index is 0.0115. The molecule has 2 atom stereocenters. The number of methoxy groups -OCH3 is 1. The zero-order valence-electron chi connectivity index (χ0n) is 23.6.